The smallest absolute Gasteiger partial charge is 0.316 e. The highest BCUT2D eigenvalue weighted by Gasteiger charge is 2.24. The molecule has 150 valence electrons. The number of amides is 1. The van der Waals surface area contributed by atoms with E-state index in [4.69, 9.17) is 0 Å². The number of nitriles is 1. The van der Waals surface area contributed by atoms with Gasteiger partial charge in [0, 0.05) is 11.4 Å². The first-order valence-corrected chi connectivity index (χ1v) is 11.4. The highest BCUT2D eigenvalue weighted by molar-refractivity contribution is 8.00. The Bertz CT molecular complexity index is 937. The largest absolute Gasteiger partial charge is 0.343 e. The molecule has 2 aromatic rings. The van der Waals surface area contributed by atoms with Gasteiger partial charge in [-0.05, 0) is 44.6 Å². The van der Waals surface area contributed by atoms with Crippen molar-refractivity contribution in [3.05, 3.63) is 26.5 Å². The Morgan fingerprint density at radius 2 is 2.21 bits per heavy atom. The summed E-state index contributed by atoms with van der Waals surface area (Å²) in [6.07, 6.45) is 7.14. The Balaban J connectivity index is 1.72. The molecule has 0 bridgehead atoms. The van der Waals surface area contributed by atoms with Gasteiger partial charge in [0.25, 0.3) is 0 Å². The fourth-order valence-electron chi connectivity index (χ4n) is 3.28. The topological polar surface area (TPSA) is 104 Å². The molecule has 0 aliphatic heterocycles. The number of thioether (sulfide) groups is 1. The molecule has 0 aromatic carbocycles. The van der Waals surface area contributed by atoms with E-state index in [9.17, 15) is 14.9 Å². The van der Waals surface area contributed by atoms with Gasteiger partial charge < -0.3 is 5.32 Å². The van der Waals surface area contributed by atoms with Crippen molar-refractivity contribution in [1.29, 1.82) is 5.26 Å². The van der Waals surface area contributed by atoms with Crippen LogP contribution in [0.25, 0.3) is 0 Å². The van der Waals surface area contributed by atoms with Crippen LogP contribution in [-0.2, 0) is 24.2 Å². The molecular weight excluding hydrogens is 394 g/mol. The second-order valence-electron chi connectivity index (χ2n) is 6.95. The number of unbranched alkanes of at least 4 members (excludes halogenated alkanes) is 1. The van der Waals surface area contributed by atoms with Crippen molar-refractivity contribution in [2.45, 2.75) is 75.7 Å². The molecule has 0 spiro atoms. The summed E-state index contributed by atoms with van der Waals surface area (Å²) < 4.78 is 1.58. The van der Waals surface area contributed by atoms with Gasteiger partial charge in [-0.25, -0.2) is 9.89 Å². The standard InChI is InChI=1S/C19H25N5O2S2/c1-3-4-10-24-18(26)22-23-19(24)27-12(2)16(25)21-17-14(11-20)13-8-6-5-7-9-15(13)28-17/h12H,3-10H2,1-2H3,(H,21,25)(H,22,26)/t12-/m1/s1. The highest BCUT2D eigenvalue weighted by Crippen LogP contribution is 2.37. The summed E-state index contributed by atoms with van der Waals surface area (Å²) in [5.41, 5.74) is 1.48. The Hall–Kier alpha value is -2.05. The van der Waals surface area contributed by atoms with Gasteiger partial charge in [0.2, 0.25) is 5.91 Å². The lowest BCUT2D eigenvalue weighted by Gasteiger charge is -2.11. The number of fused-ring (bicyclic) bond motifs is 1. The number of carbonyl (C=O) groups excluding carboxylic acids is 1. The van der Waals surface area contributed by atoms with Crippen molar-refractivity contribution in [3.8, 4) is 6.07 Å². The zero-order valence-electron chi connectivity index (χ0n) is 16.2. The molecule has 0 saturated heterocycles. The molecule has 2 aromatic heterocycles. The zero-order valence-corrected chi connectivity index (χ0v) is 17.8. The van der Waals surface area contributed by atoms with Gasteiger partial charge in [0.05, 0.1) is 10.8 Å². The summed E-state index contributed by atoms with van der Waals surface area (Å²) in [5, 5.41) is 19.8. The molecule has 0 radical (unpaired) electrons. The Kier molecular flexibility index (Phi) is 6.97. The van der Waals surface area contributed by atoms with Crippen molar-refractivity contribution in [2.75, 3.05) is 5.32 Å². The summed E-state index contributed by atoms with van der Waals surface area (Å²) in [7, 11) is 0. The summed E-state index contributed by atoms with van der Waals surface area (Å²) in [5.74, 6) is -0.185. The molecule has 3 rings (SSSR count). The molecule has 28 heavy (non-hydrogen) atoms. The number of rotatable bonds is 7. The second kappa shape index (κ2) is 9.43. The third-order valence-corrected chi connectivity index (χ3v) is 7.18. The maximum absolute atomic E-state index is 12.7. The van der Waals surface area contributed by atoms with Crippen LogP contribution in [-0.4, -0.2) is 25.9 Å². The van der Waals surface area contributed by atoms with Gasteiger partial charge in [-0.2, -0.15) is 5.26 Å². The number of nitrogens with one attached hydrogen (secondary N) is 2. The SMILES string of the molecule is CCCCn1c(S[C@H](C)C(=O)Nc2sc3c(c2C#N)CCCCC3)n[nH]c1=O. The van der Waals surface area contributed by atoms with E-state index >= 15 is 0 Å². The minimum Gasteiger partial charge on any atom is -0.316 e. The van der Waals surface area contributed by atoms with Crippen LogP contribution < -0.4 is 11.0 Å². The lowest BCUT2D eigenvalue weighted by molar-refractivity contribution is -0.115. The van der Waals surface area contributed by atoms with Gasteiger partial charge in [0.1, 0.15) is 11.1 Å². The number of H-pyrrole nitrogens is 1. The molecule has 2 heterocycles. The zero-order chi connectivity index (χ0) is 20.1. The number of aromatic nitrogens is 3. The fraction of sp³-hybridized carbons (Fsp3) is 0.579. The Morgan fingerprint density at radius 1 is 1.43 bits per heavy atom. The Morgan fingerprint density at radius 3 is 2.96 bits per heavy atom. The van der Waals surface area contributed by atoms with Crippen LogP contribution in [0.1, 0.15) is 62.0 Å². The van der Waals surface area contributed by atoms with Crippen LogP contribution in [0.5, 0.6) is 0 Å². The third kappa shape index (κ3) is 4.50. The van der Waals surface area contributed by atoms with Crippen LogP contribution in [0.2, 0.25) is 0 Å². The van der Waals surface area contributed by atoms with E-state index < -0.39 is 5.25 Å². The molecule has 0 unspecified atom stereocenters. The first kappa shape index (κ1) is 20.7. The van der Waals surface area contributed by atoms with Crippen molar-refractivity contribution >= 4 is 34.0 Å². The lowest BCUT2D eigenvalue weighted by atomic mass is 10.1. The summed E-state index contributed by atoms with van der Waals surface area (Å²) in [6, 6.07) is 2.29. The van der Waals surface area contributed by atoms with Gasteiger partial charge in [-0.1, -0.05) is 31.5 Å². The second-order valence-corrected chi connectivity index (χ2v) is 9.36. The molecule has 1 amide bonds. The van der Waals surface area contributed by atoms with Crippen LogP contribution in [0.15, 0.2) is 9.95 Å². The quantitative estimate of drug-likeness (QED) is 0.526. The van der Waals surface area contributed by atoms with Gasteiger partial charge in [0.15, 0.2) is 5.16 Å². The minimum atomic E-state index is -0.441. The average Bonchev–Trinajstić information content (AvgIpc) is 3.09. The van der Waals surface area contributed by atoms with Crippen LogP contribution in [0.3, 0.4) is 0 Å². The highest BCUT2D eigenvalue weighted by atomic mass is 32.2. The predicted molar refractivity (Wildman–Crippen MR) is 112 cm³/mol. The van der Waals surface area contributed by atoms with Gasteiger partial charge in [-0.15, -0.1) is 16.4 Å². The first-order valence-electron chi connectivity index (χ1n) is 9.72. The molecule has 1 atom stereocenters. The van der Waals surface area contributed by atoms with Crippen molar-refractivity contribution in [2.24, 2.45) is 0 Å². The predicted octanol–water partition coefficient (Wildman–Crippen LogP) is 3.69. The van der Waals surface area contributed by atoms with E-state index in [0.29, 0.717) is 22.3 Å². The number of anilines is 1. The molecular formula is C19H25N5O2S2. The molecule has 7 nitrogen and oxygen atoms in total. The van der Waals surface area contributed by atoms with Crippen molar-refractivity contribution in [3.63, 3.8) is 0 Å². The summed E-state index contributed by atoms with van der Waals surface area (Å²) in [4.78, 5) is 25.9. The molecule has 9 heteroatoms. The van der Waals surface area contributed by atoms with E-state index in [1.54, 1.807) is 11.5 Å². The van der Waals surface area contributed by atoms with Crippen molar-refractivity contribution < 1.29 is 4.79 Å². The van der Waals surface area contributed by atoms with Gasteiger partial charge >= 0.3 is 5.69 Å². The first-order chi connectivity index (χ1) is 13.5. The number of thiophene rings is 1. The molecule has 1 aliphatic rings. The Labute approximate surface area is 172 Å². The van der Waals surface area contributed by atoms with E-state index in [1.165, 1.54) is 34.4 Å². The number of nitrogens with zero attached hydrogens (tertiary/aromatic N) is 3. The monoisotopic (exact) mass is 419 g/mol. The average molecular weight is 420 g/mol. The number of aryl methyl sites for hydroxylation is 1. The third-order valence-electron chi connectivity index (χ3n) is 4.88. The fourth-order valence-corrected chi connectivity index (χ4v) is 5.41. The van der Waals surface area contributed by atoms with Gasteiger partial charge in [-0.3, -0.25) is 9.36 Å². The molecule has 0 saturated carbocycles. The van der Waals surface area contributed by atoms with Crippen LogP contribution >= 0.6 is 23.1 Å². The molecule has 1 aliphatic carbocycles. The summed E-state index contributed by atoms with van der Waals surface area (Å²) in [6.45, 7) is 4.43. The van der Waals surface area contributed by atoms with Crippen LogP contribution in [0.4, 0.5) is 5.00 Å². The number of carbonyl (C=O) groups is 1. The lowest BCUT2D eigenvalue weighted by Crippen LogP contribution is -2.24. The molecule has 2 N–H and O–H groups in total. The van der Waals surface area contributed by atoms with E-state index in [-0.39, 0.29) is 11.6 Å². The maximum Gasteiger partial charge on any atom is 0.343 e. The summed E-state index contributed by atoms with van der Waals surface area (Å²) >= 11 is 2.78. The minimum absolute atomic E-state index is 0.185. The van der Waals surface area contributed by atoms with E-state index in [1.807, 2.05) is 0 Å². The van der Waals surface area contributed by atoms with Crippen molar-refractivity contribution in [1.82, 2.24) is 14.8 Å². The van der Waals surface area contributed by atoms with E-state index in [2.05, 4.69) is 28.5 Å². The number of aromatic amines is 1. The van der Waals surface area contributed by atoms with Crippen LogP contribution in [0, 0.1) is 11.3 Å². The maximum atomic E-state index is 12.7. The van der Waals surface area contributed by atoms with E-state index in [0.717, 1.165) is 44.1 Å². The molecule has 0 fully saturated rings. The number of hydrogen-bond acceptors (Lipinski definition) is 6. The number of hydrogen-bond donors (Lipinski definition) is 2. The normalized spacial score (nSPS) is 14.8.